The molecule has 0 aliphatic heterocycles. The maximum Gasteiger partial charge on any atom is 0.137 e. The second-order valence-corrected chi connectivity index (χ2v) is 5.35. The molecule has 0 heterocycles. The van der Waals surface area contributed by atoms with Crippen molar-refractivity contribution in [3.63, 3.8) is 0 Å². The number of hydrogen-bond acceptors (Lipinski definition) is 2. The van der Waals surface area contributed by atoms with Gasteiger partial charge in [-0.25, -0.2) is 0 Å². The van der Waals surface area contributed by atoms with Gasteiger partial charge in [-0.1, -0.05) is 42.3 Å². The Hall–Kier alpha value is -1.38. The van der Waals surface area contributed by atoms with E-state index in [1.54, 1.807) is 7.11 Å². The molecule has 4 heteroatoms. The lowest BCUT2D eigenvalue weighted by Crippen LogP contribution is -2.09. The minimum absolute atomic E-state index is 0.219. The van der Waals surface area contributed by atoms with E-state index in [1.165, 1.54) is 5.56 Å². The lowest BCUT2D eigenvalue weighted by atomic mass is 10.0. The van der Waals surface area contributed by atoms with Gasteiger partial charge in [-0.2, -0.15) is 0 Å². The summed E-state index contributed by atoms with van der Waals surface area (Å²) in [5.74, 6) is 0.678. The van der Waals surface area contributed by atoms with Crippen LogP contribution < -0.4 is 10.1 Å². The number of halogens is 2. The number of hydrogen-bond donors (Lipinski definition) is 1. The minimum Gasteiger partial charge on any atom is -0.495 e. The highest BCUT2D eigenvalue weighted by Crippen LogP contribution is 2.30. The minimum atomic E-state index is 0.219. The van der Waals surface area contributed by atoms with Crippen molar-refractivity contribution in [2.24, 2.45) is 0 Å². The third-order valence-corrected chi connectivity index (χ3v) is 3.72. The molecule has 0 bridgehead atoms. The van der Waals surface area contributed by atoms with Crippen molar-refractivity contribution in [1.82, 2.24) is 0 Å². The first kappa shape index (κ1) is 15.0. The summed E-state index contributed by atoms with van der Waals surface area (Å²) in [7, 11) is 1.61. The predicted molar refractivity (Wildman–Crippen MR) is 86.1 cm³/mol. The van der Waals surface area contributed by atoms with Gasteiger partial charge in [0.25, 0.3) is 0 Å². The second-order valence-electron chi connectivity index (χ2n) is 4.51. The van der Waals surface area contributed by atoms with Crippen molar-refractivity contribution >= 4 is 28.9 Å². The summed E-state index contributed by atoms with van der Waals surface area (Å²) in [4.78, 5) is 0. The highest BCUT2D eigenvalue weighted by molar-refractivity contribution is 6.32. The summed E-state index contributed by atoms with van der Waals surface area (Å²) >= 11 is 12.1. The summed E-state index contributed by atoms with van der Waals surface area (Å²) in [5, 5.41) is 4.82. The van der Waals surface area contributed by atoms with Gasteiger partial charge in [-0.05, 0) is 42.3 Å². The largest absolute Gasteiger partial charge is 0.495 e. The van der Waals surface area contributed by atoms with Crippen molar-refractivity contribution in [1.29, 1.82) is 0 Å². The van der Waals surface area contributed by atoms with Crippen molar-refractivity contribution in [2.75, 3.05) is 12.4 Å². The van der Waals surface area contributed by atoms with Crippen LogP contribution in [-0.4, -0.2) is 7.11 Å². The summed E-state index contributed by atoms with van der Waals surface area (Å²) in [6, 6.07) is 13.8. The van der Waals surface area contributed by atoms with Gasteiger partial charge in [0, 0.05) is 10.7 Å². The first-order chi connectivity index (χ1) is 9.63. The topological polar surface area (TPSA) is 21.3 Å². The lowest BCUT2D eigenvalue weighted by Gasteiger charge is -2.19. The van der Waals surface area contributed by atoms with E-state index < -0.39 is 0 Å². The smallest absolute Gasteiger partial charge is 0.137 e. The quantitative estimate of drug-likeness (QED) is 0.780. The summed E-state index contributed by atoms with van der Waals surface area (Å²) in [6.45, 7) is 2.14. The summed E-state index contributed by atoms with van der Waals surface area (Å²) in [6.07, 6.45) is 0.964. The number of nitrogens with one attached hydrogen (secondary N) is 1. The van der Waals surface area contributed by atoms with Gasteiger partial charge in [-0.3, -0.25) is 0 Å². The van der Waals surface area contributed by atoms with Crippen LogP contribution in [0.3, 0.4) is 0 Å². The third-order valence-electron chi connectivity index (χ3n) is 3.17. The van der Waals surface area contributed by atoms with Crippen LogP contribution in [0.5, 0.6) is 5.75 Å². The molecule has 0 fully saturated rings. The molecule has 106 valence electrons. The highest BCUT2D eigenvalue weighted by atomic mass is 35.5. The molecule has 0 spiro atoms. The maximum atomic E-state index is 6.14. The first-order valence-corrected chi connectivity index (χ1v) is 7.25. The van der Waals surface area contributed by atoms with Crippen LogP contribution in [0, 0.1) is 0 Å². The van der Waals surface area contributed by atoms with Crippen LogP contribution in [0.15, 0.2) is 42.5 Å². The van der Waals surface area contributed by atoms with Gasteiger partial charge in [0.1, 0.15) is 5.75 Å². The van der Waals surface area contributed by atoms with E-state index in [0.717, 1.165) is 17.1 Å². The van der Waals surface area contributed by atoms with Crippen molar-refractivity contribution in [3.8, 4) is 5.75 Å². The number of anilines is 1. The maximum absolute atomic E-state index is 6.14. The Kier molecular flexibility index (Phi) is 5.16. The molecule has 0 aliphatic rings. The van der Waals surface area contributed by atoms with Crippen LogP contribution in [0.4, 0.5) is 5.69 Å². The van der Waals surface area contributed by atoms with Crippen LogP contribution in [0.1, 0.15) is 24.9 Å². The molecule has 0 saturated heterocycles. The molecule has 0 radical (unpaired) electrons. The molecule has 20 heavy (non-hydrogen) atoms. The Bertz CT molecular complexity index is 569. The molecular formula is C16H17Cl2NO. The van der Waals surface area contributed by atoms with Crippen LogP contribution in [0.2, 0.25) is 10.0 Å². The van der Waals surface area contributed by atoms with Gasteiger partial charge in [-0.15, -0.1) is 0 Å². The molecule has 0 aromatic heterocycles. The van der Waals surface area contributed by atoms with Gasteiger partial charge < -0.3 is 10.1 Å². The molecular weight excluding hydrogens is 293 g/mol. The second kappa shape index (κ2) is 6.87. The molecule has 1 atom stereocenters. The van der Waals surface area contributed by atoms with Crippen LogP contribution in [-0.2, 0) is 0 Å². The van der Waals surface area contributed by atoms with Gasteiger partial charge >= 0.3 is 0 Å². The molecule has 0 saturated carbocycles. The number of methoxy groups -OCH3 is 1. The van der Waals surface area contributed by atoms with Crippen molar-refractivity contribution in [2.45, 2.75) is 19.4 Å². The lowest BCUT2D eigenvalue weighted by molar-refractivity contribution is 0.415. The fraction of sp³-hybridized carbons (Fsp3) is 0.250. The van der Waals surface area contributed by atoms with Crippen LogP contribution >= 0.6 is 23.2 Å². The Labute approximate surface area is 129 Å². The molecule has 2 nitrogen and oxygen atoms in total. The SMILES string of the molecule is CCC(Nc1ccc(OC)c(Cl)c1)c1ccc(Cl)cc1. The Balaban J connectivity index is 2.17. The fourth-order valence-electron chi connectivity index (χ4n) is 2.07. The zero-order valence-electron chi connectivity index (χ0n) is 11.5. The normalized spacial score (nSPS) is 12.0. The molecule has 2 aromatic carbocycles. The van der Waals surface area contributed by atoms with E-state index in [9.17, 15) is 0 Å². The molecule has 1 N–H and O–H groups in total. The first-order valence-electron chi connectivity index (χ1n) is 6.49. The summed E-state index contributed by atoms with van der Waals surface area (Å²) < 4.78 is 5.15. The van der Waals surface area contributed by atoms with E-state index in [1.807, 2.05) is 42.5 Å². The van der Waals surface area contributed by atoms with E-state index >= 15 is 0 Å². The molecule has 0 aliphatic carbocycles. The van der Waals surface area contributed by atoms with Gasteiger partial charge in [0.15, 0.2) is 0 Å². The zero-order chi connectivity index (χ0) is 14.5. The standard InChI is InChI=1S/C16H17Cl2NO/c1-3-15(11-4-6-12(17)7-5-11)19-13-8-9-16(20-2)14(18)10-13/h4-10,15,19H,3H2,1-2H3. The van der Waals surface area contributed by atoms with Crippen molar-refractivity contribution < 1.29 is 4.74 Å². The summed E-state index contributed by atoms with van der Waals surface area (Å²) in [5.41, 5.74) is 2.17. The predicted octanol–water partition coefficient (Wildman–Crippen LogP) is 5.57. The van der Waals surface area contributed by atoms with Crippen molar-refractivity contribution in [3.05, 3.63) is 58.1 Å². The highest BCUT2D eigenvalue weighted by Gasteiger charge is 2.10. The number of ether oxygens (including phenoxy) is 1. The molecule has 0 amide bonds. The molecule has 2 rings (SSSR count). The Morgan fingerprint density at radius 2 is 1.80 bits per heavy atom. The number of benzene rings is 2. The van der Waals surface area contributed by atoms with Crippen LogP contribution in [0.25, 0.3) is 0 Å². The van der Waals surface area contributed by atoms with E-state index in [2.05, 4.69) is 12.2 Å². The molecule has 1 unspecified atom stereocenters. The van der Waals surface area contributed by atoms with E-state index in [4.69, 9.17) is 27.9 Å². The van der Waals surface area contributed by atoms with E-state index in [0.29, 0.717) is 10.8 Å². The third kappa shape index (κ3) is 3.59. The van der Waals surface area contributed by atoms with Gasteiger partial charge in [0.05, 0.1) is 18.2 Å². The average molecular weight is 310 g/mol. The van der Waals surface area contributed by atoms with E-state index in [-0.39, 0.29) is 6.04 Å². The monoisotopic (exact) mass is 309 g/mol. The number of rotatable bonds is 5. The molecule has 2 aromatic rings. The zero-order valence-corrected chi connectivity index (χ0v) is 13.0. The Morgan fingerprint density at radius 3 is 2.35 bits per heavy atom. The average Bonchev–Trinajstić information content (AvgIpc) is 2.46. The Morgan fingerprint density at radius 1 is 1.10 bits per heavy atom. The fourth-order valence-corrected chi connectivity index (χ4v) is 2.46. The van der Waals surface area contributed by atoms with Gasteiger partial charge in [0.2, 0.25) is 0 Å².